The van der Waals surface area contributed by atoms with Gasteiger partial charge in [0.15, 0.2) is 0 Å². The monoisotopic (exact) mass is 276 g/mol. The Kier molecular flexibility index (Phi) is 7.25. The first-order chi connectivity index (χ1) is 9.42. The van der Waals surface area contributed by atoms with Crippen molar-refractivity contribution in [2.24, 2.45) is 0 Å². The number of benzene rings is 1. The Labute approximate surface area is 125 Å². The second-order valence-electron chi connectivity index (χ2n) is 6.72. The van der Waals surface area contributed by atoms with Crippen molar-refractivity contribution in [1.82, 2.24) is 10.2 Å². The molecule has 114 valence electrons. The minimum absolute atomic E-state index is 0.234. The van der Waals surface area contributed by atoms with E-state index in [4.69, 9.17) is 0 Å². The predicted molar refractivity (Wildman–Crippen MR) is 89.0 cm³/mol. The molecule has 1 aromatic carbocycles. The van der Waals surface area contributed by atoms with Crippen LogP contribution in [0.1, 0.15) is 53.0 Å². The summed E-state index contributed by atoms with van der Waals surface area (Å²) in [5.74, 6) is 0. The molecule has 0 aliphatic rings. The molecular formula is C18H32N2. The van der Waals surface area contributed by atoms with E-state index in [1.807, 2.05) is 0 Å². The van der Waals surface area contributed by atoms with Gasteiger partial charge in [0.1, 0.15) is 0 Å². The zero-order chi connectivity index (χ0) is 15.0. The molecule has 0 aromatic heterocycles. The summed E-state index contributed by atoms with van der Waals surface area (Å²) in [4.78, 5) is 2.56. The Bertz CT molecular complexity index is 353. The molecule has 0 saturated carbocycles. The Morgan fingerprint density at radius 2 is 1.80 bits per heavy atom. The van der Waals surface area contributed by atoms with Gasteiger partial charge in [0.25, 0.3) is 0 Å². The maximum atomic E-state index is 3.57. The van der Waals surface area contributed by atoms with Gasteiger partial charge in [-0.25, -0.2) is 0 Å². The van der Waals surface area contributed by atoms with E-state index < -0.39 is 0 Å². The molecule has 20 heavy (non-hydrogen) atoms. The van der Waals surface area contributed by atoms with Crippen molar-refractivity contribution in [1.29, 1.82) is 0 Å². The van der Waals surface area contributed by atoms with Crippen LogP contribution in [0.15, 0.2) is 30.3 Å². The van der Waals surface area contributed by atoms with E-state index in [1.165, 1.54) is 18.4 Å². The minimum Gasteiger partial charge on any atom is -0.312 e. The van der Waals surface area contributed by atoms with Crippen LogP contribution in [0.5, 0.6) is 0 Å². The SMILES string of the molecule is CCN(Cc1ccccc1)C(C)CCCNC(C)(C)C. The van der Waals surface area contributed by atoms with Crippen molar-refractivity contribution >= 4 is 0 Å². The number of nitrogens with one attached hydrogen (secondary N) is 1. The molecule has 0 bridgehead atoms. The molecule has 0 spiro atoms. The van der Waals surface area contributed by atoms with Gasteiger partial charge in [-0.1, -0.05) is 37.3 Å². The van der Waals surface area contributed by atoms with Crippen molar-refractivity contribution in [3.05, 3.63) is 35.9 Å². The van der Waals surface area contributed by atoms with Crippen LogP contribution in [-0.2, 0) is 6.54 Å². The van der Waals surface area contributed by atoms with Crippen molar-refractivity contribution in [2.45, 2.75) is 65.6 Å². The molecule has 0 radical (unpaired) electrons. The van der Waals surface area contributed by atoms with Gasteiger partial charge in [0, 0.05) is 18.1 Å². The first kappa shape index (κ1) is 17.2. The topological polar surface area (TPSA) is 15.3 Å². The van der Waals surface area contributed by atoms with E-state index in [0.29, 0.717) is 6.04 Å². The number of nitrogens with zero attached hydrogens (tertiary/aromatic N) is 1. The highest BCUT2D eigenvalue weighted by molar-refractivity contribution is 5.14. The maximum absolute atomic E-state index is 3.57. The van der Waals surface area contributed by atoms with Crippen LogP contribution in [0.2, 0.25) is 0 Å². The van der Waals surface area contributed by atoms with Gasteiger partial charge in [-0.2, -0.15) is 0 Å². The van der Waals surface area contributed by atoms with E-state index in [9.17, 15) is 0 Å². The number of hydrogen-bond acceptors (Lipinski definition) is 2. The van der Waals surface area contributed by atoms with E-state index >= 15 is 0 Å². The average molecular weight is 276 g/mol. The zero-order valence-electron chi connectivity index (χ0n) is 13.9. The van der Waals surface area contributed by atoms with E-state index in [0.717, 1.165) is 19.6 Å². The number of rotatable bonds is 8. The van der Waals surface area contributed by atoms with Gasteiger partial charge in [-0.05, 0) is 59.2 Å². The lowest BCUT2D eigenvalue weighted by Gasteiger charge is -2.28. The summed E-state index contributed by atoms with van der Waals surface area (Å²) in [5, 5.41) is 3.57. The Morgan fingerprint density at radius 3 is 2.35 bits per heavy atom. The minimum atomic E-state index is 0.234. The van der Waals surface area contributed by atoms with Gasteiger partial charge in [0.2, 0.25) is 0 Å². The van der Waals surface area contributed by atoms with Crippen LogP contribution < -0.4 is 5.32 Å². The lowest BCUT2D eigenvalue weighted by Crippen LogP contribution is -2.37. The Balaban J connectivity index is 2.34. The van der Waals surface area contributed by atoms with Gasteiger partial charge in [0.05, 0.1) is 0 Å². The summed E-state index contributed by atoms with van der Waals surface area (Å²) in [6, 6.07) is 11.4. The molecule has 0 saturated heterocycles. The highest BCUT2D eigenvalue weighted by Gasteiger charge is 2.13. The third kappa shape index (κ3) is 7.06. The van der Waals surface area contributed by atoms with Crippen molar-refractivity contribution < 1.29 is 0 Å². The maximum Gasteiger partial charge on any atom is 0.0236 e. The fraction of sp³-hybridized carbons (Fsp3) is 0.667. The summed E-state index contributed by atoms with van der Waals surface area (Å²) in [5.41, 5.74) is 1.64. The first-order valence-corrected chi connectivity index (χ1v) is 7.95. The fourth-order valence-corrected chi connectivity index (χ4v) is 2.44. The third-order valence-electron chi connectivity index (χ3n) is 3.71. The molecule has 0 amide bonds. The summed E-state index contributed by atoms with van der Waals surface area (Å²) in [6.45, 7) is 14.6. The predicted octanol–water partition coefficient (Wildman–Crippen LogP) is 4.07. The van der Waals surface area contributed by atoms with Crippen molar-refractivity contribution in [2.75, 3.05) is 13.1 Å². The molecule has 1 N–H and O–H groups in total. The molecule has 2 nitrogen and oxygen atoms in total. The van der Waals surface area contributed by atoms with E-state index in [2.05, 4.69) is 75.2 Å². The summed E-state index contributed by atoms with van der Waals surface area (Å²) < 4.78 is 0. The highest BCUT2D eigenvalue weighted by atomic mass is 15.1. The molecule has 1 aromatic rings. The van der Waals surface area contributed by atoms with Crippen LogP contribution in [0.25, 0.3) is 0 Å². The fourth-order valence-electron chi connectivity index (χ4n) is 2.44. The van der Waals surface area contributed by atoms with Gasteiger partial charge in [-0.3, -0.25) is 4.90 Å². The zero-order valence-corrected chi connectivity index (χ0v) is 13.9. The second-order valence-corrected chi connectivity index (χ2v) is 6.72. The number of hydrogen-bond donors (Lipinski definition) is 1. The molecule has 2 heteroatoms. The molecule has 0 aliphatic heterocycles. The molecule has 0 heterocycles. The first-order valence-electron chi connectivity index (χ1n) is 7.95. The quantitative estimate of drug-likeness (QED) is 0.720. The van der Waals surface area contributed by atoms with Gasteiger partial charge < -0.3 is 5.32 Å². The Morgan fingerprint density at radius 1 is 1.15 bits per heavy atom. The second kappa shape index (κ2) is 8.43. The van der Waals surface area contributed by atoms with Crippen LogP contribution in [-0.4, -0.2) is 29.6 Å². The van der Waals surface area contributed by atoms with Gasteiger partial charge in [-0.15, -0.1) is 0 Å². The third-order valence-corrected chi connectivity index (χ3v) is 3.71. The molecule has 0 fully saturated rings. The Hall–Kier alpha value is -0.860. The lowest BCUT2D eigenvalue weighted by atomic mass is 10.1. The summed E-state index contributed by atoms with van der Waals surface area (Å²) in [6.07, 6.45) is 2.49. The normalized spacial score (nSPS) is 13.7. The van der Waals surface area contributed by atoms with Crippen LogP contribution in [0, 0.1) is 0 Å². The van der Waals surface area contributed by atoms with Crippen molar-refractivity contribution in [3.63, 3.8) is 0 Å². The van der Waals surface area contributed by atoms with E-state index in [1.54, 1.807) is 0 Å². The lowest BCUT2D eigenvalue weighted by molar-refractivity contribution is 0.197. The average Bonchev–Trinajstić information content (AvgIpc) is 2.41. The van der Waals surface area contributed by atoms with E-state index in [-0.39, 0.29) is 5.54 Å². The summed E-state index contributed by atoms with van der Waals surface area (Å²) >= 11 is 0. The molecule has 1 atom stereocenters. The largest absolute Gasteiger partial charge is 0.312 e. The molecular weight excluding hydrogens is 244 g/mol. The van der Waals surface area contributed by atoms with Gasteiger partial charge >= 0.3 is 0 Å². The highest BCUT2D eigenvalue weighted by Crippen LogP contribution is 2.12. The molecule has 0 aliphatic carbocycles. The molecule has 1 unspecified atom stereocenters. The summed E-state index contributed by atoms with van der Waals surface area (Å²) in [7, 11) is 0. The van der Waals surface area contributed by atoms with Crippen LogP contribution in [0.3, 0.4) is 0 Å². The van der Waals surface area contributed by atoms with Crippen LogP contribution >= 0.6 is 0 Å². The van der Waals surface area contributed by atoms with Crippen LogP contribution in [0.4, 0.5) is 0 Å². The smallest absolute Gasteiger partial charge is 0.0236 e. The standard InChI is InChI=1S/C18H32N2/c1-6-20(15-17-12-8-7-9-13-17)16(2)11-10-14-19-18(3,4)5/h7-9,12-13,16,19H,6,10-11,14-15H2,1-5H3. The van der Waals surface area contributed by atoms with Crippen molar-refractivity contribution in [3.8, 4) is 0 Å². The molecule has 1 rings (SSSR count).